The van der Waals surface area contributed by atoms with Crippen LogP contribution >= 0.6 is 11.3 Å². The molecule has 0 spiro atoms. The third-order valence-electron chi connectivity index (χ3n) is 3.67. The summed E-state index contributed by atoms with van der Waals surface area (Å²) in [6.45, 7) is 3.76. The van der Waals surface area contributed by atoms with Crippen molar-refractivity contribution in [3.05, 3.63) is 21.9 Å². The summed E-state index contributed by atoms with van der Waals surface area (Å²) >= 11 is 1.49. The molecule has 2 rings (SSSR count). The number of aliphatic hydroxyl groups is 1. The highest BCUT2D eigenvalue weighted by atomic mass is 32.1. The Balaban J connectivity index is 1.98. The molecule has 1 fully saturated rings. The summed E-state index contributed by atoms with van der Waals surface area (Å²) in [5, 5.41) is 10.6. The Kier molecular flexibility index (Phi) is 5.63. The molecule has 0 atom stereocenters. The van der Waals surface area contributed by atoms with Crippen molar-refractivity contribution in [2.75, 3.05) is 19.7 Å². The van der Waals surface area contributed by atoms with Crippen LogP contribution in [0, 0.1) is 17.8 Å². The predicted molar refractivity (Wildman–Crippen MR) is 81.8 cm³/mol. The minimum Gasteiger partial charge on any atom is -0.395 e. The van der Waals surface area contributed by atoms with Crippen molar-refractivity contribution >= 4 is 17.2 Å². The van der Waals surface area contributed by atoms with Crippen LogP contribution in [0.5, 0.6) is 0 Å². The number of amides is 1. The molecule has 0 saturated heterocycles. The van der Waals surface area contributed by atoms with Gasteiger partial charge in [0.2, 0.25) is 0 Å². The lowest BCUT2D eigenvalue weighted by Crippen LogP contribution is -2.37. The third-order valence-corrected chi connectivity index (χ3v) is 4.51. The van der Waals surface area contributed by atoms with E-state index in [9.17, 15) is 4.79 Å². The molecule has 1 aliphatic carbocycles. The second-order valence-electron chi connectivity index (χ2n) is 5.12. The number of thiophene rings is 1. The van der Waals surface area contributed by atoms with Crippen LogP contribution in [0.15, 0.2) is 11.4 Å². The van der Waals surface area contributed by atoms with Crippen LogP contribution < -0.4 is 0 Å². The maximum absolute atomic E-state index is 12.4. The monoisotopic (exact) mass is 291 g/mol. The maximum atomic E-state index is 12.4. The fourth-order valence-corrected chi connectivity index (χ4v) is 2.99. The zero-order chi connectivity index (χ0) is 14.4. The summed E-state index contributed by atoms with van der Waals surface area (Å²) in [5.74, 6) is 6.67. The van der Waals surface area contributed by atoms with Gasteiger partial charge in [0, 0.05) is 24.9 Å². The van der Waals surface area contributed by atoms with E-state index in [1.165, 1.54) is 30.6 Å². The molecule has 0 aliphatic heterocycles. The smallest absolute Gasteiger partial charge is 0.254 e. The molecule has 20 heavy (non-hydrogen) atoms. The number of aliphatic hydroxyl groups excluding tert-OH is 1. The van der Waals surface area contributed by atoms with E-state index in [2.05, 4.69) is 11.8 Å². The van der Waals surface area contributed by atoms with Gasteiger partial charge in [-0.2, -0.15) is 0 Å². The highest BCUT2D eigenvalue weighted by Crippen LogP contribution is 2.27. The number of hydrogen-bond donors (Lipinski definition) is 1. The van der Waals surface area contributed by atoms with Crippen LogP contribution in [0.4, 0.5) is 0 Å². The topological polar surface area (TPSA) is 40.5 Å². The summed E-state index contributed by atoms with van der Waals surface area (Å²) in [7, 11) is 0. The molecule has 0 unspecified atom stereocenters. The van der Waals surface area contributed by atoms with Gasteiger partial charge in [-0.3, -0.25) is 4.79 Å². The molecule has 0 aromatic carbocycles. The molecule has 1 amide bonds. The molecule has 4 heteroatoms. The highest BCUT2D eigenvalue weighted by Gasteiger charge is 2.23. The van der Waals surface area contributed by atoms with Crippen LogP contribution in [0.25, 0.3) is 0 Å². The largest absolute Gasteiger partial charge is 0.395 e. The Morgan fingerprint density at radius 1 is 1.55 bits per heavy atom. The van der Waals surface area contributed by atoms with Crippen LogP contribution in [-0.2, 0) is 0 Å². The van der Waals surface area contributed by atoms with Crippen molar-refractivity contribution in [3.63, 3.8) is 0 Å². The van der Waals surface area contributed by atoms with Gasteiger partial charge in [0.25, 0.3) is 5.91 Å². The van der Waals surface area contributed by atoms with Crippen LogP contribution in [0.3, 0.4) is 0 Å². The van der Waals surface area contributed by atoms with Crippen molar-refractivity contribution < 1.29 is 9.90 Å². The molecule has 3 nitrogen and oxygen atoms in total. The molecule has 1 saturated carbocycles. The van der Waals surface area contributed by atoms with Gasteiger partial charge in [-0.05, 0) is 31.7 Å². The molecule has 1 N–H and O–H groups in total. The molecule has 1 aromatic heterocycles. The number of carbonyl (C=O) groups excluding carboxylic acids is 1. The second-order valence-corrected chi connectivity index (χ2v) is 6.03. The van der Waals surface area contributed by atoms with E-state index in [-0.39, 0.29) is 12.5 Å². The Labute approximate surface area is 124 Å². The van der Waals surface area contributed by atoms with Gasteiger partial charge in [-0.15, -0.1) is 11.3 Å². The lowest BCUT2D eigenvalue weighted by Gasteiger charge is -2.31. The van der Waals surface area contributed by atoms with Gasteiger partial charge in [0.1, 0.15) is 0 Å². The Morgan fingerprint density at radius 3 is 2.95 bits per heavy atom. The molecule has 0 radical (unpaired) electrons. The summed E-state index contributed by atoms with van der Waals surface area (Å²) < 4.78 is 0. The quantitative estimate of drug-likeness (QED) is 0.847. The van der Waals surface area contributed by atoms with E-state index in [0.29, 0.717) is 12.3 Å². The first-order chi connectivity index (χ1) is 9.74. The summed E-state index contributed by atoms with van der Waals surface area (Å²) in [5.41, 5.74) is 0.740. The summed E-state index contributed by atoms with van der Waals surface area (Å²) in [4.78, 5) is 15.3. The van der Waals surface area contributed by atoms with Crippen molar-refractivity contribution in [1.29, 1.82) is 0 Å². The molecular formula is C16H21NO2S. The van der Waals surface area contributed by atoms with E-state index in [1.807, 2.05) is 23.3 Å². The summed E-state index contributed by atoms with van der Waals surface area (Å²) in [6.07, 6.45) is 4.29. The van der Waals surface area contributed by atoms with Crippen LogP contribution in [0.1, 0.15) is 47.8 Å². The number of carbonyl (C=O) groups is 1. The van der Waals surface area contributed by atoms with Gasteiger partial charge < -0.3 is 10.0 Å². The van der Waals surface area contributed by atoms with Crippen molar-refractivity contribution in [3.8, 4) is 11.8 Å². The second kappa shape index (κ2) is 7.47. The standard InChI is InChI=1S/C16H21NO2S/c1-2-17(11-13-6-5-7-13)16(19)14-10-15(20-12-14)8-3-4-9-18/h10,12-13,18H,2,4-7,9,11H2,1H3. The van der Waals surface area contributed by atoms with E-state index < -0.39 is 0 Å². The van der Waals surface area contributed by atoms with E-state index in [4.69, 9.17) is 5.11 Å². The molecular weight excluding hydrogens is 270 g/mol. The summed E-state index contributed by atoms with van der Waals surface area (Å²) in [6, 6.07) is 1.86. The predicted octanol–water partition coefficient (Wildman–Crippen LogP) is 2.74. The van der Waals surface area contributed by atoms with Crippen LogP contribution in [-0.4, -0.2) is 35.6 Å². The molecule has 1 aliphatic rings. The molecule has 1 heterocycles. The first-order valence-electron chi connectivity index (χ1n) is 7.22. The first kappa shape index (κ1) is 15.1. The van der Waals surface area contributed by atoms with Gasteiger partial charge in [-0.1, -0.05) is 18.3 Å². The minimum atomic E-state index is 0.0785. The first-order valence-corrected chi connectivity index (χ1v) is 8.10. The van der Waals surface area contributed by atoms with E-state index in [0.717, 1.165) is 23.5 Å². The van der Waals surface area contributed by atoms with E-state index >= 15 is 0 Å². The molecule has 0 bridgehead atoms. The average molecular weight is 291 g/mol. The zero-order valence-corrected chi connectivity index (χ0v) is 12.7. The lowest BCUT2D eigenvalue weighted by molar-refractivity contribution is 0.0707. The number of rotatable bonds is 5. The maximum Gasteiger partial charge on any atom is 0.254 e. The Morgan fingerprint density at radius 2 is 2.35 bits per heavy atom. The van der Waals surface area contributed by atoms with Gasteiger partial charge in [0.05, 0.1) is 17.0 Å². The van der Waals surface area contributed by atoms with Crippen LogP contribution in [0.2, 0.25) is 0 Å². The molecule has 108 valence electrons. The normalized spacial score (nSPS) is 14.3. The van der Waals surface area contributed by atoms with Crippen molar-refractivity contribution in [1.82, 2.24) is 4.90 Å². The van der Waals surface area contributed by atoms with Crippen molar-refractivity contribution in [2.45, 2.75) is 32.6 Å². The number of hydrogen-bond acceptors (Lipinski definition) is 3. The SMILES string of the molecule is CCN(CC1CCC1)C(=O)c1csc(C#CCCO)c1. The minimum absolute atomic E-state index is 0.0785. The van der Waals surface area contributed by atoms with Gasteiger partial charge >= 0.3 is 0 Å². The fraction of sp³-hybridized carbons (Fsp3) is 0.562. The highest BCUT2D eigenvalue weighted by molar-refractivity contribution is 7.10. The molecule has 1 aromatic rings. The average Bonchev–Trinajstić information content (AvgIpc) is 2.86. The Hall–Kier alpha value is -1.31. The Bertz CT molecular complexity index is 508. The van der Waals surface area contributed by atoms with Gasteiger partial charge in [-0.25, -0.2) is 0 Å². The zero-order valence-electron chi connectivity index (χ0n) is 11.9. The van der Waals surface area contributed by atoms with Gasteiger partial charge in [0.15, 0.2) is 0 Å². The van der Waals surface area contributed by atoms with Crippen molar-refractivity contribution in [2.24, 2.45) is 5.92 Å². The van der Waals surface area contributed by atoms with E-state index in [1.54, 1.807) is 0 Å². The number of nitrogens with zero attached hydrogens (tertiary/aromatic N) is 1. The fourth-order valence-electron chi connectivity index (χ4n) is 2.24. The lowest BCUT2D eigenvalue weighted by atomic mass is 9.85. The third kappa shape index (κ3) is 3.84.